The molecule has 0 amide bonds. The normalized spacial score (nSPS) is 13.5. The first-order valence-electron chi connectivity index (χ1n) is 12.9. The predicted molar refractivity (Wildman–Crippen MR) is 145 cm³/mol. The SMILES string of the molecule is CCc1ccc2c(c1)C(c1ccc(O)c(CC)c1)(c1ccc(O)c(CC)c1)c1cc(CC)ccc1-2. The molecule has 1 aliphatic rings. The first-order valence-corrected chi connectivity index (χ1v) is 12.9. The molecule has 0 aliphatic heterocycles. The number of aromatic hydroxyl groups is 2. The molecule has 0 unspecified atom stereocenters. The quantitative estimate of drug-likeness (QED) is 0.271. The van der Waals surface area contributed by atoms with Crippen LogP contribution in [0.25, 0.3) is 11.1 Å². The number of benzene rings is 4. The van der Waals surface area contributed by atoms with Crippen molar-refractivity contribution in [1.82, 2.24) is 0 Å². The lowest BCUT2D eigenvalue weighted by Crippen LogP contribution is -2.29. The minimum absolute atomic E-state index is 0.342. The van der Waals surface area contributed by atoms with E-state index >= 15 is 0 Å². The Labute approximate surface area is 208 Å². The summed E-state index contributed by atoms with van der Waals surface area (Å²) >= 11 is 0. The zero-order valence-electron chi connectivity index (χ0n) is 21.2. The van der Waals surface area contributed by atoms with Gasteiger partial charge < -0.3 is 10.2 Å². The van der Waals surface area contributed by atoms with Gasteiger partial charge in [0.25, 0.3) is 0 Å². The summed E-state index contributed by atoms with van der Waals surface area (Å²) in [6.45, 7) is 8.57. The second kappa shape index (κ2) is 8.92. The summed E-state index contributed by atoms with van der Waals surface area (Å²) < 4.78 is 0. The van der Waals surface area contributed by atoms with Gasteiger partial charge in [0.15, 0.2) is 0 Å². The Balaban J connectivity index is 1.98. The van der Waals surface area contributed by atoms with Crippen LogP contribution in [-0.2, 0) is 31.1 Å². The van der Waals surface area contributed by atoms with Crippen LogP contribution in [0, 0.1) is 0 Å². The molecule has 1 aliphatic carbocycles. The highest BCUT2D eigenvalue weighted by molar-refractivity contribution is 5.87. The van der Waals surface area contributed by atoms with Gasteiger partial charge in [-0.1, -0.05) is 88.4 Å². The fourth-order valence-corrected chi connectivity index (χ4v) is 5.85. The second-order valence-electron chi connectivity index (χ2n) is 9.61. The molecule has 0 bridgehead atoms. The van der Waals surface area contributed by atoms with E-state index in [-0.39, 0.29) is 0 Å². The lowest BCUT2D eigenvalue weighted by molar-refractivity contribution is 0.468. The number of hydrogen-bond acceptors (Lipinski definition) is 2. The summed E-state index contributed by atoms with van der Waals surface area (Å²) in [6, 6.07) is 26.0. The average molecular weight is 463 g/mol. The molecule has 35 heavy (non-hydrogen) atoms. The molecule has 0 radical (unpaired) electrons. The third-order valence-electron chi connectivity index (χ3n) is 7.87. The van der Waals surface area contributed by atoms with Crippen molar-refractivity contribution in [3.63, 3.8) is 0 Å². The van der Waals surface area contributed by atoms with Crippen LogP contribution in [-0.4, -0.2) is 10.2 Å². The highest BCUT2D eigenvalue weighted by Crippen LogP contribution is 2.57. The zero-order valence-corrected chi connectivity index (χ0v) is 21.2. The summed E-state index contributed by atoms with van der Waals surface area (Å²) in [4.78, 5) is 0. The van der Waals surface area contributed by atoms with E-state index in [9.17, 15) is 10.2 Å². The first kappa shape index (κ1) is 23.2. The van der Waals surface area contributed by atoms with Gasteiger partial charge in [-0.25, -0.2) is 0 Å². The topological polar surface area (TPSA) is 40.5 Å². The minimum atomic E-state index is -0.531. The Hall–Kier alpha value is -3.52. The molecule has 5 rings (SSSR count). The van der Waals surface area contributed by atoms with Crippen LogP contribution in [0.5, 0.6) is 11.5 Å². The fourth-order valence-electron chi connectivity index (χ4n) is 5.85. The van der Waals surface area contributed by atoms with Crippen molar-refractivity contribution >= 4 is 0 Å². The monoisotopic (exact) mass is 462 g/mol. The Kier molecular flexibility index (Phi) is 5.92. The van der Waals surface area contributed by atoms with Crippen molar-refractivity contribution in [3.8, 4) is 22.6 Å². The molecule has 0 spiro atoms. The van der Waals surface area contributed by atoms with Gasteiger partial charge in [0.1, 0.15) is 11.5 Å². The molecular weight excluding hydrogens is 428 g/mol. The number of hydrogen-bond donors (Lipinski definition) is 2. The van der Waals surface area contributed by atoms with E-state index < -0.39 is 5.41 Å². The Bertz CT molecular complexity index is 1300. The maximum absolute atomic E-state index is 10.6. The van der Waals surface area contributed by atoms with Crippen LogP contribution in [0.2, 0.25) is 0 Å². The molecule has 2 nitrogen and oxygen atoms in total. The van der Waals surface area contributed by atoms with Gasteiger partial charge in [-0.05, 0) is 93.5 Å². The summed E-state index contributed by atoms with van der Waals surface area (Å²) in [7, 11) is 0. The van der Waals surface area contributed by atoms with Crippen LogP contribution in [0.3, 0.4) is 0 Å². The standard InChI is InChI=1S/C33H34O2/c1-5-21-9-13-27-28-14-10-22(6-2)18-30(28)33(29(27)17-21,25-11-15-31(34)23(7-3)19-25)26-12-16-32(35)24(8-4)20-26/h9-20,34-35H,5-8H2,1-4H3. The van der Waals surface area contributed by atoms with Crippen LogP contribution in [0.15, 0.2) is 72.8 Å². The van der Waals surface area contributed by atoms with Crippen LogP contribution in [0.4, 0.5) is 0 Å². The molecule has 0 atom stereocenters. The highest BCUT2D eigenvalue weighted by Gasteiger charge is 2.46. The van der Waals surface area contributed by atoms with Crippen molar-refractivity contribution in [3.05, 3.63) is 117 Å². The first-order chi connectivity index (χ1) is 17.0. The lowest BCUT2D eigenvalue weighted by Gasteiger charge is -2.35. The van der Waals surface area contributed by atoms with Gasteiger partial charge in [-0.3, -0.25) is 0 Å². The van der Waals surface area contributed by atoms with E-state index in [1.807, 2.05) is 12.1 Å². The number of phenols is 2. The fraction of sp³-hybridized carbons (Fsp3) is 0.273. The average Bonchev–Trinajstić information content (AvgIpc) is 3.18. The van der Waals surface area contributed by atoms with Gasteiger partial charge in [-0.15, -0.1) is 0 Å². The molecule has 4 aromatic rings. The van der Waals surface area contributed by atoms with E-state index in [1.165, 1.54) is 33.4 Å². The number of rotatable bonds is 6. The third kappa shape index (κ3) is 3.46. The summed E-state index contributed by atoms with van der Waals surface area (Å²) in [5.74, 6) is 0.684. The van der Waals surface area contributed by atoms with Crippen LogP contribution >= 0.6 is 0 Å². The van der Waals surface area contributed by atoms with Gasteiger partial charge in [0.05, 0.1) is 5.41 Å². The van der Waals surface area contributed by atoms with E-state index in [2.05, 4.69) is 88.4 Å². The number of aryl methyl sites for hydroxylation is 4. The van der Waals surface area contributed by atoms with Crippen molar-refractivity contribution in [2.24, 2.45) is 0 Å². The molecule has 0 heterocycles. The van der Waals surface area contributed by atoms with Crippen molar-refractivity contribution in [2.45, 2.75) is 58.8 Å². The molecule has 0 saturated carbocycles. The van der Waals surface area contributed by atoms with E-state index in [1.54, 1.807) is 0 Å². The highest BCUT2D eigenvalue weighted by atomic mass is 16.3. The van der Waals surface area contributed by atoms with E-state index in [0.717, 1.165) is 47.9 Å². The molecule has 2 heteroatoms. The van der Waals surface area contributed by atoms with Crippen LogP contribution < -0.4 is 0 Å². The Morgan fingerprint density at radius 3 is 1.31 bits per heavy atom. The second-order valence-corrected chi connectivity index (χ2v) is 9.61. The van der Waals surface area contributed by atoms with Gasteiger partial charge in [0.2, 0.25) is 0 Å². The zero-order chi connectivity index (χ0) is 24.7. The molecule has 0 saturated heterocycles. The number of fused-ring (bicyclic) bond motifs is 3. The summed E-state index contributed by atoms with van der Waals surface area (Å²) in [5, 5.41) is 21.1. The predicted octanol–water partition coefficient (Wildman–Crippen LogP) is 7.71. The van der Waals surface area contributed by atoms with Crippen molar-refractivity contribution in [1.29, 1.82) is 0 Å². The van der Waals surface area contributed by atoms with E-state index in [4.69, 9.17) is 0 Å². The van der Waals surface area contributed by atoms with E-state index in [0.29, 0.717) is 11.5 Å². The summed E-state index contributed by atoms with van der Waals surface area (Å²) in [5.41, 5.74) is 11.4. The Morgan fingerprint density at radius 2 is 0.943 bits per heavy atom. The maximum atomic E-state index is 10.6. The van der Waals surface area contributed by atoms with Gasteiger partial charge in [-0.2, -0.15) is 0 Å². The summed E-state index contributed by atoms with van der Waals surface area (Å²) in [6.07, 6.45) is 3.45. The minimum Gasteiger partial charge on any atom is -0.508 e. The van der Waals surface area contributed by atoms with Gasteiger partial charge in [0, 0.05) is 0 Å². The largest absolute Gasteiger partial charge is 0.508 e. The molecule has 0 aromatic heterocycles. The number of phenolic OH excluding ortho intramolecular Hbond substituents is 2. The van der Waals surface area contributed by atoms with Gasteiger partial charge >= 0.3 is 0 Å². The third-order valence-corrected chi connectivity index (χ3v) is 7.87. The maximum Gasteiger partial charge on any atom is 0.118 e. The Morgan fingerprint density at radius 1 is 0.514 bits per heavy atom. The molecule has 0 fully saturated rings. The molecular formula is C33H34O2. The molecule has 4 aromatic carbocycles. The molecule has 2 N–H and O–H groups in total. The van der Waals surface area contributed by atoms with Crippen LogP contribution in [0.1, 0.15) is 72.2 Å². The van der Waals surface area contributed by atoms with Crippen molar-refractivity contribution in [2.75, 3.05) is 0 Å². The molecule has 178 valence electrons. The smallest absolute Gasteiger partial charge is 0.118 e. The van der Waals surface area contributed by atoms with Crippen molar-refractivity contribution < 1.29 is 10.2 Å². The lowest BCUT2D eigenvalue weighted by atomic mass is 9.66.